The number of ether oxygens (including phenoxy) is 4. The van der Waals surface area contributed by atoms with Crippen molar-refractivity contribution in [3.05, 3.63) is 17.7 Å². The van der Waals surface area contributed by atoms with Gasteiger partial charge in [0.1, 0.15) is 11.3 Å². The average Bonchev–Trinajstić information content (AvgIpc) is 3.01. The highest BCUT2D eigenvalue weighted by atomic mass is 16.7. The van der Waals surface area contributed by atoms with E-state index < -0.39 is 11.7 Å². The molecule has 1 aromatic carbocycles. The summed E-state index contributed by atoms with van der Waals surface area (Å²) >= 11 is 0. The third-order valence-electron chi connectivity index (χ3n) is 4.11. The van der Waals surface area contributed by atoms with Crippen LogP contribution in [0.1, 0.15) is 19.4 Å². The molecule has 1 aliphatic rings. The van der Waals surface area contributed by atoms with Gasteiger partial charge < -0.3 is 29.2 Å². The van der Waals surface area contributed by atoms with Crippen LogP contribution in [0.4, 0.5) is 0 Å². The lowest BCUT2D eigenvalue weighted by molar-refractivity contribution is -0.0473. The minimum absolute atomic E-state index is 0.132. The molecule has 7 nitrogen and oxygen atoms in total. The van der Waals surface area contributed by atoms with Crippen LogP contribution >= 0.6 is 0 Å². The summed E-state index contributed by atoms with van der Waals surface area (Å²) in [6, 6.07) is 3.62. The number of pyridine rings is 1. The topological polar surface area (TPSA) is 90.3 Å². The first-order chi connectivity index (χ1) is 11.4. The highest BCUT2D eigenvalue weighted by Crippen LogP contribution is 2.44. The van der Waals surface area contributed by atoms with E-state index in [2.05, 4.69) is 4.98 Å². The van der Waals surface area contributed by atoms with Crippen molar-refractivity contribution in [2.45, 2.75) is 32.0 Å². The van der Waals surface area contributed by atoms with Crippen molar-refractivity contribution in [2.24, 2.45) is 0 Å². The molecule has 0 bridgehead atoms. The Kier molecular flexibility index (Phi) is 4.15. The van der Waals surface area contributed by atoms with Crippen LogP contribution in [0.3, 0.4) is 0 Å². The fourth-order valence-corrected chi connectivity index (χ4v) is 2.71. The summed E-state index contributed by atoms with van der Waals surface area (Å²) in [5, 5.41) is 21.0. The number of benzene rings is 1. The number of methoxy groups -OCH3 is 2. The minimum Gasteiger partial charge on any atom is -0.496 e. The first-order valence-electron chi connectivity index (χ1n) is 7.60. The largest absolute Gasteiger partial charge is 0.496 e. The molecule has 3 rings (SSSR count). The molecule has 1 atom stereocenters. The van der Waals surface area contributed by atoms with Gasteiger partial charge in [-0.3, -0.25) is 0 Å². The summed E-state index contributed by atoms with van der Waals surface area (Å²) in [6.45, 7) is 3.23. The molecule has 0 amide bonds. The summed E-state index contributed by atoms with van der Waals surface area (Å²) in [5.41, 5.74) is -0.110. The van der Waals surface area contributed by atoms with Crippen LogP contribution in [0.2, 0.25) is 0 Å². The van der Waals surface area contributed by atoms with Gasteiger partial charge in [-0.15, -0.1) is 0 Å². The number of rotatable bonds is 5. The molecule has 0 radical (unpaired) electrons. The monoisotopic (exact) mass is 335 g/mol. The zero-order valence-corrected chi connectivity index (χ0v) is 14.1. The zero-order valence-electron chi connectivity index (χ0n) is 14.1. The van der Waals surface area contributed by atoms with Crippen LogP contribution in [0.5, 0.6) is 23.1 Å². The molecular formula is C17H21NO6. The molecule has 2 aromatic rings. The summed E-state index contributed by atoms with van der Waals surface area (Å²) in [4.78, 5) is 4.51. The van der Waals surface area contributed by atoms with E-state index in [-0.39, 0.29) is 13.2 Å². The van der Waals surface area contributed by atoms with Gasteiger partial charge >= 0.3 is 0 Å². The van der Waals surface area contributed by atoms with E-state index in [4.69, 9.17) is 18.9 Å². The van der Waals surface area contributed by atoms with Crippen LogP contribution in [0.15, 0.2) is 12.1 Å². The first kappa shape index (κ1) is 16.6. The normalized spacial score (nSPS) is 14.8. The van der Waals surface area contributed by atoms with Crippen LogP contribution in [-0.4, -0.2) is 47.9 Å². The molecule has 0 fully saturated rings. The lowest BCUT2D eigenvalue weighted by Crippen LogP contribution is -2.37. The van der Waals surface area contributed by atoms with E-state index in [0.29, 0.717) is 34.2 Å². The van der Waals surface area contributed by atoms with Gasteiger partial charge in [0.15, 0.2) is 11.5 Å². The molecule has 2 heterocycles. The fraction of sp³-hybridized carbons (Fsp3) is 0.471. The Bertz CT molecular complexity index is 768. The van der Waals surface area contributed by atoms with Gasteiger partial charge in [0, 0.05) is 11.8 Å². The smallest absolute Gasteiger partial charge is 0.231 e. The molecule has 0 saturated heterocycles. The highest BCUT2D eigenvalue weighted by molar-refractivity contribution is 5.94. The van der Waals surface area contributed by atoms with Crippen molar-refractivity contribution in [3.8, 4) is 23.1 Å². The maximum atomic E-state index is 10.3. The number of aliphatic hydroxyl groups is 2. The predicted molar refractivity (Wildman–Crippen MR) is 87.0 cm³/mol. The van der Waals surface area contributed by atoms with Gasteiger partial charge in [0.2, 0.25) is 12.7 Å². The Balaban J connectivity index is 2.20. The second-order valence-corrected chi connectivity index (χ2v) is 6.20. The second kappa shape index (κ2) is 5.99. The maximum Gasteiger partial charge on any atom is 0.231 e. The Morgan fingerprint density at radius 3 is 2.62 bits per heavy atom. The van der Waals surface area contributed by atoms with Gasteiger partial charge in [-0.2, -0.15) is 0 Å². The summed E-state index contributed by atoms with van der Waals surface area (Å²) < 4.78 is 21.8. The van der Waals surface area contributed by atoms with E-state index in [1.165, 1.54) is 7.11 Å². The molecule has 0 aliphatic carbocycles. The molecular weight excluding hydrogens is 314 g/mol. The van der Waals surface area contributed by atoms with Crippen LogP contribution in [-0.2, 0) is 6.42 Å². The van der Waals surface area contributed by atoms with Crippen LogP contribution in [0.25, 0.3) is 10.9 Å². The number of aromatic nitrogens is 1. The molecule has 24 heavy (non-hydrogen) atoms. The Labute approximate surface area is 139 Å². The Hall–Kier alpha value is -2.25. The van der Waals surface area contributed by atoms with Gasteiger partial charge in [0.05, 0.1) is 31.5 Å². The lowest BCUT2D eigenvalue weighted by Gasteiger charge is -2.26. The summed E-state index contributed by atoms with van der Waals surface area (Å²) in [6.07, 6.45) is -0.874. The van der Waals surface area contributed by atoms with E-state index in [1.807, 2.05) is 6.07 Å². The van der Waals surface area contributed by atoms with Crippen LogP contribution in [0, 0.1) is 0 Å². The van der Waals surface area contributed by atoms with Gasteiger partial charge in [-0.25, -0.2) is 4.98 Å². The van der Waals surface area contributed by atoms with Crippen molar-refractivity contribution in [1.82, 2.24) is 4.98 Å². The second-order valence-electron chi connectivity index (χ2n) is 6.20. The number of hydrogen-bond donors (Lipinski definition) is 2. The van der Waals surface area contributed by atoms with Crippen LogP contribution < -0.4 is 18.9 Å². The molecule has 2 N–H and O–H groups in total. The molecule has 1 aliphatic heterocycles. The number of fused-ring (bicyclic) bond motifs is 3. The fourth-order valence-electron chi connectivity index (χ4n) is 2.71. The SMILES string of the molecule is COc1nc2c3c(ccc2c(OC)c1C[C@@H](O)C(C)(C)O)OCO3. The summed E-state index contributed by atoms with van der Waals surface area (Å²) in [5.74, 6) is 1.99. The quantitative estimate of drug-likeness (QED) is 0.858. The van der Waals surface area contributed by atoms with E-state index in [9.17, 15) is 10.2 Å². The van der Waals surface area contributed by atoms with E-state index >= 15 is 0 Å². The van der Waals surface area contributed by atoms with Gasteiger partial charge in [0.25, 0.3) is 0 Å². The zero-order chi connectivity index (χ0) is 17.5. The maximum absolute atomic E-state index is 10.3. The number of hydrogen-bond acceptors (Lipinski definition) is 7. The third kappa shape index (κ3) is 2.70. The molecule has 0 saturated carbocycles. The van der Waals surface area contributed by atoms with E-state index in [0.717, 1.165) is 5.39 Å². The van der Waals surface area contributed by atoms with Crippen molar-refractivity contribution in [1.29, 1.82) is 0 Å². The predicted octanol–water partition coefficient (Wildman–Crippen LogP) is 1.65. The first-order valence-corrected chi connectivity index (χ1v) is 7.60. The van der Waals surface area contributed by atoms with Crippen molar-refractivity contribution >= 4 is 10.9 Å². The molecule has 130 valence electrons. The lowest BCUT2D eigenvalue weighted by atomic mass is 9.94. The van der Waals surface area contributed by atoms with Crippen molar-refractivity contribution in [2.75, 3.05) is 21.0 Å². The van der Waals surface area contributed by atoms with Gasteiger partial charge in [-0.1, -0.05) is 0 Å². The summed E-state index contributed by atoms with van der Waals surface area (Å²) in [7, 11) is 3.03. The highest BCUT2D eigenvalue weighted by Gasteiger charge is 2.30. The third-order valence-corrected chi connectivity index (χ3v) is 4.11. The average molecular weight is 335 g/mol. The number of nitrogens with zero attached hydrogens (tertiary/aromatic N) is 1. The molecule has 0 unspecified atom stereocenters. The van der Waals surface area contributed by atoms with Gasteiger partial charge in [-0.05, 0) is 26.0 Å². The molecule has 7 heteroatoms. The van der Waals surface area contributed by atoms with Crippen molar-refractivity contribution in [3.63, 3.8) is 0 Å². The number of aliphatic hydroxyl groups excluding tert-OH is 1. The molecule has 1 aromatic heterocycles. The standard InChI is InChI=1S/C17H21NO6/c1-17(2,20)12(19)7-10-14(21-3)9-5-6-11-15(24-8-23-11)13(9)18-16(10)22-4/h5-6,12,19-20H,7-8H2,1-4H3/t12-/m1/s1. The minimum atomic E-state index is -1.26. The van der Waals surface area contributed by atoms with E-state index in [1.54, 1.807) is 27.0 Å². The Morgan fingerprint density at radius 1 is 1.25 bits per heavy atom. The van der Waals surface area contributed by atoms with Crippen molar-refractivity contribution < 1.29 is 29.2 Å². The Morgan fingerprint density at radius 2 is 2.00 bits per heavy atom. The molecule has 0 spiro atoms.